The lowest BCUT2D eigenvalue weighted by molar-refractivity contribution is -0.384. The highest BCUT2D eigenvalue weighted by Gasteiger charge is 2.27. The van der Waals surface area contributed by atoms with E-state index in [0.29, 0.717) is 11.5 Å². The van der Waals surface area contributed by atoms with E-state index in [1.807, 2.05) is 38.1 Å². The van der Waals surface area contributed by atoms with Crippen LogP contribution in [0.25, 0.3) is 11.0 Å². The molecule has 1 fully saturated rings. The highest BCUT2D eigenvalue weighted by molar-refractivity contribution is 5.96. The summed E-state index contributed by atoms with van der Waals surface area (Å²) in [5.41, 5.74) is 2.34. The number of aromatic nitrogens is 2. The third-order valence-corrected chi connectivity index (χ3v) is 5.05. The number of imidazole rings is 1. The molecule has 1 atom stereocenters. The molecule has 0 spiro atoms. The van der Waals surface area contributed by atoms with Gasteiger partial charge in [0.05, 0.1) is 22.0 Å². The molecule has 1 aliphatic rings. The number of carbonyl (C=O) groups excluding carboxylic acids is 1. The van der Waals surface area contributed by atoms with Crippen LogP contribution in [0.5, 0.6) is 0 Å². The minimum absolute atomic E-state index is 0.0744. The molecule has 0 unspecified atom stereocenters. The van der Waals surface area contributed by atoms with Crippen molar-refractivity contribution in [2.75, 3.05) is 5.32 Å². The number of para-hydroxylation sites is 2. The minimum atomic E-state index is -0.458. The molecule has 3 aromatic rings. The zero-order chi connectivity index (χ0) is 20.5. The van der Waals surface area contributed by atoms with Gasteiger partial charge in [-0.05, 0) is 43.0 Å². The highest BCUT2D eigenvalue weighted by atomic mass is 16.6. The molecule has 8 nitrogen and oxygen atoms in total. The first-order valence-electron chi connectivity index (χ1n) is 9.73. The summed E-state index contributed by atoms with van der Waals surface area (Å²) in [4.78, 5) is 31.7. The summed E-state index contributed by atoms with van der Waals surface area (Å²) in [6, 6.07) is 12.2. The Morgan fingerprint density at radius 2 is 2.00 bits per heavy atom. The number of aromatic amines is 1. The van der Waals surface area contributed by atoms with Gasteiger partial charge in [0, 0.05) is 17.7 Å². The molecule has 0 radical (unpaired) electrons. The predicted octanol–water partition coefficient (Wildman–Crippen LogP) is 4.17. The Balaban J connectivity index is 1.59. The van der Waals surface area contributed by atoms with E-state index in [2.05, 4.69) is 20.6 Å². The summed E-state index contributed by atoms with van der Waals surface area (Å²) in [5, 5.41) is 17.6. The van der Waals surface area contributed by atoms with E-state index in [9.17, 15) is 14.9 Å². The lowest BCUT2D eigenvalue weighted by Gasteiger charge is -2.20. The maximum Gasteiger partial charge on any atom is 0.293 e. The summed E-state index contributed by atoms with van der Waals surface area (Å²) in [6.07, 6.45) is 2.01. The third-order valence-electron chi connectivity index (χ3n) is 5.05. The van der Waals surface area contributed by atoms with Gasteiger partial charge in [-0.15, -0.1) is 0 Å². The fourth-order valence-electron chi connectivity index (χ4n) is 3.29. The zero-order valence-electron chi connectivity index (χ0n) is 16.3. The molecule has 150 valence electrons. The van der Waals surface area contributed by atoms with E-state index in [1.54, 1.807) is 12.1 Å². The van der Waals surface area contributed by atoms with Crippen LogP contribution in [-0.4, -0.2) is 26.8 Å². The van der Waals surface area contributed by atoms with Crippen LogP contribution in [-0.2, 0) is 0 Å². The molecule has 1 heterocycles. The van der Waals surface area contributed by atoms with E-state index in [0.717, 1.165) is 23.9 Å². The van der Waals surface area contributed by atoms with Crippen molar-refractivity contribution in [3.63, 3.8) is 0 Å². The average Bonchev–Trinajstić information content (AvgIpc) is 3.40. The van der Waals surface area contributed by atoms with Gasteiger partial charge in [-0.3, -0.25) is 14.9 Å². The van der Waals surface area contributed by atoms with E-state index in [4.69, 9.17) is 0 Å². The molecule has 3 N–H and O–H groups in total. The third kappa shape index (κ3) is 4.06. The number of nitro groups is 1. The van der Waals surface area contributed by atoms with Gasteiger partial charge in [0.25, 0.3) is 11.6 Å². The molecule has 1 saturated carbocycles. The molecule has 0 saturated heterocycles. The lowest BCUT2D eigenvalue weighted by Crippen LogP contribution is -2.32. The van der Waals surface area contributed by atoms with E-state index < -0.39 is 4.92 Å². The highest BCUT2D eigenvalue weighted by Crippen LogP contribution is 2.32. The van der Waals surface area contributed by atoms with Gasteiger partial charge in [-0.25, -0.2) is 4.98 Å². The van der Waals surface area contributed by atoms with E-state index >= 15 is 0 Å². The summed E-state index contributed by atoms with van der Waals surface area (Å²) in [6.45, 7) is 3.98. The number of nitrogens with zero attached hydrogens (tertiary/aromatic N) is 2. The fourth-order valence-corrected chi connectivity index (χ4v) is 3.29. The Labute approximate surface area is 167 Å². The second-order valence-corrected chi connectivity index (χ2v) is 7.74. The molecule has 0 aliphatic heterocycles. The number of nitro benzene ring substituents is 1. The van der Waals surface area contributed by atoms with Gasteiger partial charge < -0.3 is 15.6 Å². The summed E-state index contributed by atoms with van der Waals surface area (Å²) in [5.74, 6) is 0.367. The fraction of sp³-hybridized carbons (Fsp3) is 0.333. The van der Waals surface area contributed by atoms with Crippen LogP contribution >= 0.6 is 0 Å². The molecule has 1 aliphatic carbocycles. The van der Waals surface area contributed by atoms with Crippen LogP contribution in [0.4, 0.5) is 11.4 Å². The molecule has 8 heteroatoms. The standard InChI is InChI=1S/C21H23N5O3/c1-12(2)19(20-23-15-5-3-4-6-16(15)24-20)25-21(27)13-7-10-17(22-14-8-9-14)18(11-13)26(28)29/h3-7,10-12,14,19,22H,8-9H2,1-2H3,(H,23,24)(H,25,27)/t19-/m0/s1. The molecular weight excluding hydrogens is 370 g/mol. The normalized spacial score (nSPS) is 14.7. The monoisotopic (exact) mass is 393 g/mol. The number of hydrogen-bond donors (Lipinski definition) is 3. The van der Waals surface area contributed by atoms with Crippen molar-refractivity contribution in [1.82, 2.24) is 15.3 Å². The summed E-state index contributed by atoms with van der Waals surface area (Å²) < 4.78 is 0. The molecule has 1 aromatic heterocycles. The smallest absolute Gasteiger partial charge is 0.293 e. The van der Waals surface area contributed by atoms with Crippen LogP contribution in [0, 0.1) is 16.0 Å². The Morgan fingerprint density at radius 1 is 1.24 bits per heavy atom. The summed E-state index contributed by atoms with van der Waals surface area (Å²) in [7, 11) is 0. The SMILES string of the molecule is CC(C)[C@H](NC(=O)c1ccc(NC2CC2)c([N+](=O)[O-])c1)c1nc2ccccc2[nH]1. The first-order chi connectivity index (χ1) is 13.9. The molecule has 1 amide bonds. The van der Waals surface area contributed by atoms with Crippen LogP contribution in [0.1, 0.15) is 48.9 Å². The number of hydrogen-bond acceptors (Lipinski definition) is 5. The van der Waals surface area contributed by atoms with Gasteiger partial charge in [0.1, 0.15) is 11.5 Å². The number of fused-ring (bicyclic) bond motifs is 1. The largest absolute Gasteiger partial charge is 0.377 e. The van der Waals surface area contributed by atoms with E-state index in [-0.39, 0.29) is 35.2 Å². The van der Waals surface area contributed by atoms with E-state index in [1.165, 1.54) is 6.07 Å². The molecule has 0 bridgehead atoms. The predicted molar refractivity (Wildman–Crippen MR) is 111 cm³/mol. The quantitative estimate of drug-likeness (QED) is 0.412. The summed E-state index contributed by atoms with van der Waals surface area (Å²) >= 11 is 0. The van der Waals surface area contributed by atoms with Crippen molar-refractivity contribution >= 4 is 28.3 Å². The van der Waals surface area contributed by atoms with Gasteiger partial charge >= 0.3 is 0 Å². The van der Waals surface area contributed by atoms with Gasteiger partial charge in [0.15, 0.2) is 0 Å². The second kappa shape index (κ2) is 7.54. The molecule has 29 heavy (non-hydrogen) atoms. The Hall–Kier alpha value is -3.42. The first kappa shape index (κ1) is 18.9. The minimum Gasteiger partial charge on any atom is -0.377 e. The number of rotatable bonds is 7. The molecule has 2 aromatic carbocycles. The number of benzene rings is 2. The number of anilines is 1. The van der Waals surface area contributed by atoms with Gasteiger partial charge in [0.2, 0.25) is 0 Å². The maximum atomic E-state index is 12.9. The number of H-pyrrole nitrogens is 1. The van der Waals surface area contributed by atoms with Crippen LogP contribution < -0.4 is 10.6 Å². The van der Waals surface area contributed by atoms with Crippen molar-refractivity contribution in [3.05, 3.63) is 64.0 Å². The Kier molecular flexibility index (Phi) is 4.92. The molecule has 4 rings (SSSR count). The van der Waals surface area contributed by atoms with Gasteiger partial charge in [-0.1, -0.05) is 26.0 Å². The number of amides is 1. The maximum absolute atomic E-state index is 12.9. The zero-order valence-corrected chi connectivity index (χ0v) is 16.3. The first-order valence-corrected chi connectivity index (χ1v) is 9.73. The average molecular weight is 393 g/mol. The number of carbonyl (C=O) groups is 1. The molecular formula is C21H23N5O3. The van der Waals surface area contributed by atoms with Crippen LogP contribution in [0.3, 0.4) is 0 Å². The second-order valence-electron chi connectivity index (χ2n) is 7.74. The topological polar surface area (TPSA) is 113 Å². The van der Waals surface area contributed by atoms with Gasteiger partial charge in [-0.2, -0.15) is 0 Å². The van der Waals surface area contributed by atoms with Crippen molar-refractivity contribution in [2.45, 2.75) is 38.8 Å². The van der Waals surface area contributed by atoms with Crippen molar-refractivity contribution < 1.29 is 9.72 Å². The van der Waals surface area contributed by atoms with Crippen molar-refractivity contribution in [2.24, 2.45) is 5.92 Å². The number of nitrogens with one attached hydrogen (secondary N) is 3. The van der Waals surface area contributed by atoms with Crippen LogP contribution in [0.2, 0.25) is 0 Å². The van der Waals surface area contributed by atoms with Crippen LogP contribution in [0.15, 0.2) is 42.5 Å². The van der Waals surface area contributed by atoms with Crippen molar-refractivity contribution in [1.29, 1.82) is 0 Å². The lowest BCUT2D eigenvalue weighted by atomic mass is 10.0. The van der Waals surface area contributed by atoms with Crippen molar-refractivity contribution in [3.8, 4) is 0 Å². The Bertz CT molecular complexity index is 1040. The Morgan fingerprint density at radius 3 is 2.66 bits per heavy atom.